The molecule has 1 heterocycles. The third kappa shape index (κ3) is 4.24. The highest BCUT2D eigenvalue weighted by Gasteiger charge is 2.17. The van der Waals surface area contributed by atoms with Crippen LogP contribution in [0.25, 0.3) is 0 Å². The summed E-state index contributed by atoms with van der Waals surface area (Å²) >= 11 is 1.41. The minimum absolute atomic E-state index is 0.0367. The number of anilines is 1. The zero-order valence-corrected chi connectivity index (χ0v) is 13.3. The maximum atomic E-state index is 13.8. The van der Waals surface area contributed by atoms with Crippen LogP contribution >= 0.6 is 11.3 Å². The van der Waals surface area contributed by atoms with Crippen molar-refractivity contribution in [2.75, 3.05) is 11.4 Å². The molecule has 118 valence electrons. The minimum Gasteiger partial charge on any atom is -0.481 e. The minimum atomic E-state index is -0.896. The van der Waals surface area contributed by atoms with E-state index in [4.69, 9.17) is 5.11 Å². The zero-order chi connectivity index (χ0) is 16.1. The van der Waals surface area contributed by atoms with Gasteiger partial charge in [0.25, 0.3) is 0 Å². The summed E-state index contributed by atoms with van der Waals surface area (Å²) < 4.78 is 13.8. The number of aromatic nitrogens is 2. The van der Waals surface area contributed by atoms with Gasteiger partial charge in [0, 0.05) is 24.6 Å². The predicted molar refractivity (Wildman–Crippen MR) is 83.7 cm³/mol. The summed E-state index contributed by atoms with van der Waals surface area (Å²) in [5, 5.41) is 18.6. The molecule has 0 aliphatic rings. The highest BCUT2D eigenvalue weighted by atomic mass is 32.1. The van der Waals surface area contributed by atoms with Crippen LogP contribution in [0.1, 0.15) is 36.8 Å². The van der Waals surface area contributed by atoms with E-state index in [1.165, 1.54) is 17.4 Å². The summed E-state index contributed by atoms with van der Waals surface area (Å²) in [6.45, 7) is 4.56. The molecule has 0 amide bonds. The van der Waals surface area contributed by atoms with E-state index >= 15 is 0 Å². The van der Waals surface area contributed by atoms with E-state index in [-0.39, 0.29) is 31.2 Å². The second-order valence-electron chi connectivity index (χ2n) is 5.23. The van der Waals surface area contributed by atoms with E-state index in [0.29, 0.717) is 10.7 Å². The van der Waals surface area contributed by atoms with Gasteiger partial charge < -0.3 is 10.0 Å². The molecule has 2 aromatic rings. The first-order valence-electron chi connectivity index (χ1n) is 7.01. The molecule has 0 atom stereocenters. The second-order valence-corrected chi connectivity index (χ2v) is 6.22. The van der Waals surface area contributed by atoms with Crippen LogP contribution in [0.2, 0.25) is 0 Å². The maximum Gasteiger partial charge on any atom is 0.305 e. The van der Waals surface area contributed by atoms with E-state index in [9.17, 15) is 9.18 Å². The van der Waals surface area contributed by atoms with Crippen molar-refractivity contribution in [3.63, 3.8) is 0 Å². The molecule has 7 heteroatoms. The van der Waals surface area contributed by atoms with Gasteiger partial charge in [0.15, 0.2) is 0 Å². The Hall–Kier alpha value is -2.02. The molecule has 2 rings (SSSR count). The Labute approximate surface area is 132 Å². The van der Waals surface area contributed by atoms with E-state index in [1.807, 2.05) is 13.8 Å². The first-order valence-corrected chi connectivity index (χ1v) is 7.82. The van der Waals surface area contributed by atoms with E-state index in [2.05, 4.69) is 10.2 Å². The number of carboxylic acids is 1. The van der Waals surface area contributed by atoms with Gasteiger partial charge in [0.2, 0.25) is 5.13 Å². The van der Waals surface area contributed by atoms with Crippen LogP contribution in [-0.2, 0) is 11.3 Å². The van der Waals surface area contributed by atoms with Crippen LogP contribution in [0.5, 0.6) is 0 Å². The van der Waals surface area contributed by atoms with Crippen molar-refractivity contribution in [2.24, 2.45) is 0 Å². The van der Waals surface area contributed by atoms with Crippen molar-refractivity contribution >= 4 is 22.4 Å². The summed E-state index contributed by atoms with van der Waals surface area (Å²) in [7, 11) is 0. The van der Waals surface area contributed by atoms with Gasteiger partial charge in [-0.25, -0.2) is 4.39 Å². The molecule has 22 heavy (non-hydrogen) atoms. The number of carboxylic acid groups (broad SMARTS) is 1. The summed E-state index contributed by atoms with van der Waals surface area (Å²) in [5.74, 6) is -0.954. The monoisotopic (exact) mass is 323 g/mol. The van der Waals surface area contributed by atoms with Gasteiger partial charge in [0.05, 0.1) is 6.42 Å². The highest BCUT2D eigenvalue weighted by molar-refractivity contribution is 7.15. The lowest BCUT2D eigenvalue weighted by Crippen LogP contribution is -2.26. The Morgan fingerprint density at radius 2 is 2.09 bits per heavy atom. The van der Waals surface area contributed by atoms with Gasteiger partial charge in [-0.05, 0) is 6.07 Å². The summed E-state index contributed by atoms with van der Waals surface area (Å²) in [6.07, 6.45) is -0.0367. The standard InChI is InChI=1S/C15H18FN3O2S/c1-10(2)14-17-18-15(22-14)19(8-7-13(20)21)9-11-5-3-4-6-12(11)16/h3-6,10H,7-9H2,1-2H3,(H,20,21). The van der Waals surface area contributed by atoms with Gasteiger partial charge in [-0.2, -0.15) is 0 Å². The van der Waals surface area contributed by atoms with Crippen molar-refractivity contribution in [1.82, 2.24) is 10.2 Å². The van der Waals surface area contributed by atoms with Gasteiger partial charge in [-0.15, -0.1) is 10.2 Å². The summed E-state index contributed by atoms with van der Waals surface area (Å²) in [6, 6.07) is 6.47. The van der Waals surface area contributed by atoms with Crippen LogP contribution < -0.4 is 4.90 Å². The third-order valence-electron chi connectivity index (χ3n) is 3.11. The molecule has 0 fully saturated rings. The molecule has 5 nitrogen and oxygen atoms in total. The Bertz CT molecular complexity index is 645. The number of benzene rings is 1. The van der Waals surface area contributed by atoms with Crippen molar-refractivity contribution in [3.05, 3.63) is 40.7 Å². The number of aliphatic carboxylic acids is 1. The van der Waals surface area contributed by atoms with Crippen LogP contribution in [0.4, 0.5) is 9.52 Å². The molecule has 0 bridgehead atoms. The lowest BCUT2D eigenvalue weighted by molar-refractivity contribution is -0.136. The van der Waals surface area contributed by atoms with Gasteiger partial charge in [0.1, 0.15) is 10.8 Å². The Balaban J connectivity index is 2.21. The van der Waals surface area contributed by atoms with Crippen LogP contribution in [0.15, 0.2) is 24.3 Å². The molecule has 0 unspecified atom stereocenters. The smallest absolute Gasteiger partial charge is 0.305 e. The first kappa shape index (κ1) is 16.4. The molecule has 0 aliphatic carbocycles. The fraction of sp³-hybridized carbons (Fsp3) is 0.400. The zero-order valence-electron chi connectivity index (χ0n) is 12.5. The molecule has 0 radical (unpaired) electrons. The van der Waals surface area contributed by atoms with Crippen LogP contribution in [-0.4, -0.2) is 27.8 Å². The molecule has 0 spiro atoms. The molecular weight excluding hydrogens is 305 g/mol. The first-order chi connectivity index (χ1) is 10.5. The van der Waals surface area contributed by atoms with Crippen molar-refractivity contribution in [3.8, 4) is 0 Å². The van der Waals surface area contributed by atoms with Crippen molar-refractivity contribution in [2.45, 2.75) is 32.7 Å². The predicted octanol–water partition coefficient (Wildman–Crippen LogP) is 3.28. The molecule has 1 N–H and O–H groups in total. The van der Waals surface area contributed by atoms with Gasteiger partial charge >= 0.3 is 5.97 Å². The van der Waals surface area contributed by atoms with E-state index in [0.717, 1.165) is 5.01 Å². The Morgan fingerprint density at radius 3 is 2.68 bits per heavy atom. The average Bonchev–Trinajstić information content (AvgIpc) is 2.95. The molecule has 0 saturated heterocycles. The molecule has 1 aromatic carbocycles. The van der Waals surface area contributed by atoms with Crippen molar-refractivity contribution in [1.29, 1.82) is 0 Å². The fourth-order valence-corrected chi connectivity index (χ4v) is 2.76. The number of nitrogens with zero attached hydrogens (tertiary/aromatic N) is 3. The van der Waals surface area contributed by atoms with Crippen LogP contribution in [0, 0.1) is 5.82 Å². The topological polar surface area (TPSA) is 66.3 Å². The normalized spacial score (nSPS) is 10.9. The molecular formula is C15H18FN3O2S. The molecule has 0 aliphatic heterocycles. The summed E-state index contributed by atoms with van der Waals surface area (Å²) in [4.78, 5) is 12.6. The Morgan fingerprint density at radius 1 is 1.36 bits per heavy atom. The fourth-order valence-electron chi connectivity index (χ4n) is 1.89. The van der Waals surface area contributed by atoms with Crippen LogP contribution in [0.3, 0.4) is 0 Å². The second kappa shape index (κ2) is 7.31. The number of hydrogen-bond acceptors (Lipinski definition) is 5. The largest absolute Gasteiger partial charge is 0.481 e. The Kier molecular flexibility index (Phi) is 5.43. The number of hydrogen-bond donors (Lipinski definition) is 1. The van der Waals surface area contributed by atoms with Gasteiger partial charge in [-0.3, -0.25) is 4.79 Å². The van der Waals surface area contributed by atoms with E-state index in [1.54, 1.807) is 23.1 Å². The lowest BCUT2D eigenvalue weighted by Gasteiger charge is -2.20. The summed E-state index contributed by atoms with van der Waals surface area (Å²) in [5.41, 5.74) is 0.509. The maximum absolute atomic E-state index is 13.8. The highest BCUT2D eigenvalue weighted by Crippen LogP contribution is 2.27. The lowest BCUT2D eigenvalue weighted by atomic mass is 10.2. The quantitative estimate of drug-likeness (QED) is 0.847. The van der Waals surface area contributed by atoms with E-state index < -0.39 is 5.97 Å². The molecule has 0 saturated carbocycles. The van der Waals surface area contributed by atoms with Gasteiger partial charge in [-0.1, -0.05) is 43.4 Å². The molecule has 1 aromatic heterocycles. The average molecular weight is 323 g/mol. The number of rotatable bonds is 7. The number of carbonyl (C=O) groups is 1. The third-order valence-corrected chi connectivity index (χ3v) is 4.39. The number of halogens is 1. The van der Waals surface area contributed by atoms with Crippen molar-refractivity contribution < 1.29 is 14.3 Å². The SMILES string of the molecule is CC(C)c1nnc(N(CCC(=O)O)Cc2ccccc2F)s1.